The Morgan fingerprint density at radius 2 is 2.12 bits per heavy atom. The summed E-state index contributed by atoms with van der Waals surface area (Å²) in [5.74, 6) is -2.33. The predicted octanol–water partition coefficient (Wildman–Crippen LogP) is 1.81. The maximum absolute atomic E-state index is 13.5. The largest absolute Gasteiger partial charge is 0.488 e. The van der Waals surface area contributed by atoms with Crippen molar-refractivity contribution >= 4 is 21.6 Å². The van der Waals surface area contributed by atoms with Gasteiger partial charge in [0.05, 0.1) is 11.6 Å². The molecule has 0 fully saturated rings. The molecule has 0 radical (unpaired) electrons. The van der Waals surface area contributed by atoms with Crippen LogP contribution in [-0.4, -0.2) is 48.4 Å². The minimum absolute atomic E-state index is 0.00140. The number of nitrogens with zero attached hydrogens (tertiary/aromatic N) is 2. The van der Waals surface area contributed by atoms with Gasteiger partial charge >= 0.3 is 6.18 Å². The van der Waals surface area contributed by atoms with Crippen molar-refractivity contribution in [3.63, 3.8) is 0 Å². The van der Waals surface area contributed by atoms with Crippen LogP contribution >= 0.6 is 0 Å². The maximum Gasteiger partial charge on any atom is 0.422 e. The molecule has 1 aromatic heterocycles. The van der Waals surface area contributed by atoms with E-state index in [1.165, 1.54) is 7.05 Å². The monoisotopic (exact) mass is 488 g/mol. The third kappa shape index (κ3) is 4.17. The first-order valence-corrected chi connectivity index (χ1v) is 10.5. The van der Waals surface area contributed by atoms with Crippen LogP contribution in [0.25, 0.3) is 0 Å². The van der Waals surface area contributed by atoms with Gasteiger partial charge in [-0.2, -0.15) is 18.4 Å². The van der Waals surface area contributed by atoms with Crippen LogP contribution in [0.1, 0.15) is 16.1 Å². The summed E-state index contributed by atoms with van der Waals surface area (Å²) in [6.07, 6.45) is -4.19. The number of ether oxygens (including phenoxy) is 1. The summed E-state index contributed by atoms with van der Waals surface area (Å²) >= 11 is 0. The Morgan fingerprint density at radius 1 is 1.45 bits per heavy atom. The predicted molar refractivity (Wildman–Crippen MR) is 105 cm³/mol. The lowest BCUT2D eigenvalue weighted by molar-refractivity contribution is -0.249. The molecule has 0 bridgehead atoms. The second kappa shape index (κ2) is 8.18. The van der Waals surface area contributed by atoms with Crippen LogP contribution in [-0.2, 0) is 17.1 Å². The van der Waals surface area contributed by atoms with E-state index < -0.39 is 56.8 Å². The molecule has 176 valence electrons. The van der Waals surface area contributed by atoms with E-state index in [1.807, 2.05) is 0 Å². The van der Waals surface area contributed by atoms with Crippen molar-refractivity contribution in [1.82, 2.24) is 9.29 Å². The number of fused-ring (bicyclic) bond motifs is 1. The number of carbonyl (C=O) groups is 1. The Hall–Kier alpha value is -3.41. The van der Waals surface area contributed by atoms with E-state index in [9.17, 15) is 35.9 Å². The van der Waals surface area contributed by atoms with Gasteiger partial charge in [0.1, 0.15) is 23.4 Å². The lowest BCUT2D eigenvalue weighted by Gasteiger charge is -2.33. The fourth-order valence-electron chi connectivity index (χ4n) is 3.17. The van der Waals surface area contributed by atoms with Gasteiger partial charge in [-0.25, -0.2) is 17.5 Å². The molecule has 2 aromatic rings. The fraction of sp³-hybridized carbons (Fsp3) is 0.263. The number of benzene rings is 1. The van der Waals surface area contributed by atoms with Gasteiger partial charge in [0.2, 0.25) is 10.0 Å². The molecule has 14 heteroatoms. The Morgan fingerprint density at radius 3 is 2.70 bits per heavy atom. The van der Waals surface area contributed by atoms with Crippen molar-refractivity contribution in [2.45, 2.75) is 22.7 Å². The molecule has 0 aliphatic carbocycles. The molecule has 33 heavy (non-hydrogen) atoms. The minimum atomic E-state index is -5.29. The van der Waals surface area contributed by atoms with E-state index in [4.69, 9.17) is 10.00 Å². The summed E-state index contributed by atoms with van der Waals surface area (Å²) in [4.78, 5) is 12.2. The van der Waals surface area contributed by atoms with Crippen LogP contribution in [0, 0.1) is 17.1 Å². The number of sulfonamides is 1. The highest BCUT2D eigenvalue weighted by atomic mass is 32.2. The molecule has 0 saturated carbocycles. The summed E-state index contributed by atoms with van der Waals surface area (Å²) in [6, 6.07) is 2.51. The highest BCUT2D eigenvalue weighted by Crippen LogP contribution is 2.39. The normalized spacial score (nSPS) is 19.2. The molecule has 2 heterocycles. The quantitative estimate of drug-likeness (QED) is 0.444. The number of anilines is 1. The number of aromatic nitrogens is 1. The van der Waals surface area contributed by atoms with Crippen LogP contribution in [0.2, 0.25) is 0 Å². The molecule has 1 aliphatic heterocycles. The van der Waals surface area contributed by atoms with Crippen LogP contribution in [0.5, 0.6) is 5.75 Å². The average molecular weight is 488 g/mol. The second-order valence-electron chi connectivity index (χ2n) is 7.05. The van der Waals surface area contributed by atoms with Crippen molar-refractivity contribution in [2.75, 3.05) is 11.9 Å². The first kappa shape index (κ1) is 24.2. The molecular formula is C19H16F4N4O5S. The topological polar surface area (TPSA) is 133 Å². The highest BCUT2D eigenvalue weighted by Gasteiger charge is 2.58. The third-order valence-corrected chi connectivity index (χ3v) is 6.40. The van der Waals surface area contributed by atoms with Gasteiger partial charge in [-0.05, 0) is 24.3 Å². The molecule has 2 atom stereocenters. The first-order chi connectivity index (χ1) is 15.2. The molecule has 1 amide bonds. The maximum atomic E-state index is 13.5. The van der Waals surface area contributed by atoms with E-state index in [-0.39, 0.29) is 23.0 Å². The van der Waals surface area contributed by atoms with Crippen molar-refractivity contribution < 1.29 is 40.6 Å². The van der Waals surface area contributed by atoms with Crippen LogP contribution in [0.3, 0.4) is 0 Å². The number of alkyl halides is 3. The smallest absolute Gasteiger partial charge is 0.422 e. The molecule has 3 rings (SSSR count). The Labute approximate surface area is 184 Å². The zero-order valence-corrected chi connectivity index (χ0v) is 17.6. The van der Waals surface area contributed by atoms with Crippen molar-refractivity contribution in [2.24, 2.45) is 7.05 Å². The highest BCUT2D eigenvalue weighted by molar-refractivity contribution is 7.89. The first-order valence-electron chi connectivity index (χ1n) is 9.03. The van der Waals surface area contributed by atoms with Crippen LogP contribution < -0.4 is 14.8 Å². The number of hydrogen-bond acceptors (Lipinski definition) is 6. The van der Waals surface area contributed by atoms with Gasteiger partial charge < -0.3 is 19.7 Å². The Balaban J connectivity index is 2.00. The van der Waals surface area contributed by atoms with Crippen molar-refractivity contribution in [3.05, 3.63) is 54.1 Å². The molecule has 0 unspecified atom stereocenters. The lowest BCUT2D eigenvalue weighted by atomic mass is 9.95. The van der Waals surface area contributed by atoms with Crippen molar-refractivity contribution in [1.29, 1.82) is 5.26 Å². The van der Waals surface area contributed by atoms with Gasteiger partial charge in [-0.3, -0.25) is 4.79 Å². The van der Waals surface area contributed by atoms with E-state index in [2.05, 4.69) is 11.9 Å². The van der Waals surface area contributed by atoms with Gasteiger partial charge in [0, 0.05) is 18.9 Å². The van der Waals surface area contributed by atoms with E-state index in [0.717, 1.165) is 29.0 Å². The molecule has 1 aliphatic rings. The summed E-state index contributed by atoms with van der Waals surface area (Å²) in [7, 11) is -3.39. The van der Waals surface area contributed by atoms with Crippen LogP contribution in [0.4, 0.5) is 23.2 Å². The van der Waals surface area contributed by atoms with Gasteiger partial charge in [0.25, 0.3) is 5.91 Å². The van der Waals surface area contributed by atoms with E-state index in [1.54, 1.807) is 10.8 Å². The number of rotatable bonds is 4. The second-order valence-corrected chi connectivity index (χ2v) is 8.74. The summed E-state index contributed by atoms with van der Waals surface area (Å²) < 4.78 is 87.3. The number of halogens is 4. The molecule has 3 N–H and O–H groups in total. The standard InChI is InChI=1S/C19H16F4N4O5S/c1-3-18(29,19(21,22)23)14-9-32-16-13(33(30,31)26-14)8-27(2)15(16)17(28)25-11-4-5-12(20)10(6-11)7-24/h3-6,8,14,26,29H,1,9H2,2H3,(H,25,28)/t14-,18+/m1/s1. The molecular weight excluding hydrogens is 472 g/mol. The third-order valence-electron chi connectivity index (χ3n) is 4.94. The zero-order chi connectivity index (χ0) is 24.8. The van der Waals surface area contributed by atoms with Crippen molar-refractivity contribution in [3.8, 4) is 11.8 Å². The number of nitriles is 1. The minimum Gasteiger partial charge on any atom is -0.488 e. The number of aryl methyl sites for hydroxylation is 1. The van der Waals surface area contributed by atoms with Gasteiger partial charge in [-0.1, -0.05) is 6.58 Å². The Bertz CT molecular complexity index is 1280. The number of carbonyl (C=O) groups excluding carboxylic acids is 1. The fourth-order valence-corrected chi connectivity index (χ4v) is 4.62. The summed E-state index contributed by atoms with van der Waals surface area (Å²) in [5, 5.41) is 21.3. The molecule has 9 nitrogen and oxygen atoms in total. The number of amides is 1. The van der Waals surface area contributed by atoms with Gasteiger partial charge in [-0.15, -0.1) is 0 Å². The van der Waals surface area contributed by atoms with Crippen LogP contribution in [0.15, 0.2) is 41.9 Å². The number of hydrogen-bond donors (Lipinski definition) is 3. The van der Waals surface area contributed by atoms with E-state index in [0.29, 0.717) is 0 Å². The van der Waals surface area contributed by atoms with E-state index >= 15 is 0 Å². The number of nitrogens with one attached hydrogen (secondary N) is 2. The summed E-state index contributed by atoms with van der Waals surface area (Å²) in [6.45, 7) is 1.95. The number of aliphatic hydroxyl groups is 1. The lowest BCUT2D eigenvalue weighted by Crippen LogP contribution is -2.61. The zero-order valence-electron chi connectivity index (χ0n) is 16.8. The SMILES string of the molecule is C=C[C@](O)([C@H]1COc2c(cn(C)c2C(=O)Nc2ccc(F)c(C#N)c2)S(=O)(=O)N1)C(F)(F)F. The average Bonchev–Trinajstić information content (AvgIpc) is 3.01. The Kier molecular flexibility index (Phi) is 6.01. The molecule has 0 spiro atoms. The molecule has 0 saturated heterocycles. The molecule has 1 aromatic carbocycles. The summed E-state index contributed by atoms with van der Waals surface area (Å²) in [5.41, 5.74) is -4.40. The van der Waals surface area contributed by atoms with Gasteiger partial charge in [0.15, 0.2) is 17.0 Å².